The first-order valence-corrected chi connectivity index (χ1v) is 13.2. The highest BCUT2D eigenvalue weighted by Crippen LogP contribution is 2.28. The van der Waals surface area contributed by atoms with Gasteiger partial charge in [0.15, 0.2) is 5.13 Å². The number of nitrogens with one attached hydrogen (secondary N) is 2. The first-order valence-electron chi connectivity index (χ1n) is 10.9. The monoisotopic (exact) mass is 516 g/mol. The number of hydrogen-bond donors (Lipinski definition) is 3. The van der Waals surface area contributed by atoms with Gasteiger partial charge >= 0.3 is 5.97 Å². The van der Waals surface area contributed by atoms with Gasteiger partial charge in [0.2, 0.25) is 5.91 Å². The summed E-state index contributed by atoms with van der Waals surface area (Å²) in [7, 11) is 0. The number of thiazole rings is 1. The minimum Gasteiger partial charge on any atom is -0.472 e. The fourth-order valence-electron chi connectivity index (χ4n) is 3.29. The predicted octanol–water partition coefficient (Wildman–Crippen LogP) is 3.97. The van der Waals surface area contributed by atoms with Crippen molar-refractivity contribution >= 4 is 51.7 Å². The van der Waals surface area contributed by atoms with E-state index in [9.17, 15) is 14.4 Å². The van der Waals surface area contributed by atoms with E-state index in [1.54, 1.807) is 55.3 Å². The Hall–Kier alpha value is -3.31. The number of anilines is 2. The van der Waals surface area contributed by atoms with Gasteiger partial charge in [0, 0.05) is 22.2 Å². The van der Waals surface area contributed by atoms with Crippen molar-refractivity contribution in [3.63, 3.8) is 0 Å². The van der Waals surface area contributed by atoms with Crippen LogP contribution in [0.15, 0.2) is 46.6 Å². The number of amides is 2. The Bertz CT molecular complexity index is 1160. The highest BCUT2D eigenvalue weighted by atomic mass is 32.2. The van der Waals surface area contributed by atoms with Crippen LogP contribution in [0.5, 0.6) is 0 Å². The van der Waals surface area contributed by atoms with Crippen LogP contribution in [0.4, 0.5) is 10.8 Å². The molecule has 0 spiro atoms. The van der Waals surface area contributed by atoms with Crippen molar-refractivity contribution in [3.8, 4) is 11.1 Å². The summed E-state index contributed by atoms with van der Waals surface area (Å²) in [6, 6.07) is 5.87. The molecule has 0 aliphatic heterocycles. The number of aromatic nitrogens is 1. The molecular formula is C24H28N4O5S2. The molecule has 3 rings (SSSR count). The first-order chi connectivity index (χ1) is 16.8. The van der Waals surface area contributed by atoms with Crippen LogP contribution in [0.1, 0.15) is 36.3 Å². The maximum atomic E-state index is 13.2. The van der Waals surface area contributed by atoms with Crippen LogP contribution >= 0.6 is 23.1 Å². The van der Waals surface area contributed by atoms with Gasteiger partial charge in [-0.15, -0.1) is 11.3 Å². The van der Waals surface area contributed by atoms with Crippen LogP contribution in [-0.4, -0.2) is 46.9 Å². The van der Waals surface area contributed by atoms with E-state index in [0.29, 0.717) is 45.4 Å². The summed E-state index contributed by atoms with van der Waals surface area (Å²) >= 11 is 2.85. The van der Waals surface area contributed by atoms with Crippen molar-refractivity contribution in [1.29, 1.82) is 0 Å². The number of furan rings is 1. The molecule has 2 heterocycles. The topological polar surface area (TPSA) is 137 Å². The van der Waals surface area contributed by atoms with Crippen LogP contribution in [-0.2, 0) is 20.7 Å². The molecule has 1 atom stereocenters. The summed E-state index contributed by atoms with van der Waals surface area (Å²) < 4.78 is 10.5. The van der Waals surface area contributed by atoms with Gasteiger partial charge in [-0.05, 0) is 62.1 Å². The molecular weight excluding hydrogens is 488 g/mol. The van der Waals surface area contributed by atoms with E-state index in [1.807, 2.05) is 6.26 Å². The molecule has 35 heavy (non-hydrogen) atoms. The zero-order valence-electron chi connectivity index (χ0n) is 19.7. The van der Waals surface area contributed by atoms with Crippen LogP contribution in [0.3, 0.4) is 0 Å². The quantitative estimate of drug-likeness (QED) is 0.326. The van der Waals surface area contributed by atoms with Gasteiger partial charge in [0.1, 0.15) is 6.04 Å². The molecule has 2 aromatic heterocycles. The molecule has 186 valence electrons. The van der Waals surface area contributed by atoms with Gasteiger partial charge in [-0.1, -0.05) is 0 Å². The summed E-state index contributed by atoms with van der Waals surface area (Å²) in [4.78, 5) is 42.4. The third-order valence-electron chi connectivity index (χ3n) is 4.84. The molecule has 1 aromatic carbocycles. The Morgan fingerprint density at radius 2 is 2.06 bits per heavy atom. The summed E-state index contributed by atoms with van der Waals surface area (Å²) in [5, 5.41) is 7.76. The number of nitrogens with two attached hydrogens (primary N) is 1. The van der Waals surface area contributed by atoms with E-state index < -0.39 is 17.9 Å². The minimum atomic E-state index is -0.778. The molecule has 0 fully saturated rings. The SMILES string of the molecule is CSCC[C@H](NC(=O)c1ccc(NC(=O)Cc2csc(N)n2)cc1-c1ccoc1)C(=O)OC(C)C. The normalized spacial score (nSPS) is 11.8. The van der Waals surface area contributed by atoms with Crippen LogP contribution in [0, 0.1) is 0 Å². The highest BCUT2D eigenvalue weighted by Gasteiger charge is 2.25. The van der Waals surface area contributed by atoms with Gasteiger partial charge in [-0.25, -0.2) is 9.78 Å². The molecule has 3 aromatic rings. The van der Waals surface area contributed by atoms with E-state index in [-0.39, 0.29) is 18.4 Å². The number of thioether (sulfide) groups is 1. The third-order valence-corrected chi connectivity index (χ3v) is 6.21. The van der Waals surface area contributed by atoms with Crippen molar-refractivity contribution < 1.29 is 23.5 Å². The molecule has 11 heteroatoms. The lowest BCUT2D eigenvalue weighted by molar-refractivity contribution is -0.149. The van der Waals surface area contributed by atoms with Gasteiger partial charge in [0.25, 0.3) is 5.91 Å². The van der Waals surface area contributed by atoms with Crippen molar-refractivity contribution in [2.24, 2.45) is 0 Å². The lowest BCUT2D eigenvalue weighted by Crippen LogP contribution is -2.43. The average Bonchev–Trinajstić information content (AvgIpc) is 3.47. The third kappa shape index (κ3) is 7.59. The van der Waals surface area contributed by atoms with Crippen LogP contribution < -0.4 is 16.4 Å². The van der Waals surface area contributed by atoms with E-state index in [4.69, 9.17) is 14.9 Å². The molecule has 0 unspecified atom stereocenters. The molecule has 0 bridgehead atoms. The Balaban J connectivity index is 1.81. The number of carbonyl (C=O) groups excluding carboxylic acids is 3. The number of nitrogens with zero attached hydrogens (tertiary/aromatic N) is 1. The number of nitrogen functional groups attached to an aromatic ring is 1. The maximum absolute atomic E-state index is 13.2. The molecule has 0 saturated heterocycles. The van der Waals surface area contributed by atoms with Crippen molar-refractivity contribution in [1.82, 2.24) is 10.3 Å². The Morgan fingerprint density at radius 3 is 2.69 bits per heavy atom. The van der Waals surface area contributed by atoms with Crippen LogP contribution in [0.2, 0.25) is 0 Å². The molecule has 0 aliphatic carbocycles. The molecule has 0 radical (unpaired) electrons. The predicted molar refractivity (Wildman–Crippen MR) is 138 cm³/mol. The smallest absolute Gasteiger partial charge is 0.328 e. The lowest BCUT2D eigenvalue weighted by atomic mass is 10.00. The number of benzene rings is 1. The Labute approximate surface area is 211 Å². The fraction of sp³-hybridized carbons (Fsp3) is 0.333. The molecule has 2 amide bonds. The Morgan fingerprint density at radius 1 is 1.26 bits per heavy atom. The second-order valence-electron chi connectivity index (χ2n) is 7.97. The van der Waals surface area contributed by atoms with Crippen molar-refractivity contribution in [2.45, 2.75) is 38.8 Å². The largest absolute Gasteiger partial charge is 0.472 e. The standard InChI is InChI=1S/C24H28N4O5S2/c1-14(2)33-23(31)20(7-9-34-3)28-22(30)18-5-4-16(10-19(18)15-6-8-32-12-15)26-21(29)11-17-13-35-24(25)27-17/h4-6,8,10,12-14,20H,7,9,11H2,1-3H3,(H2,25,27)(H,26,29)(H,28,30)/t20-/m0/s1. The molecule has 0 aliphatic rings. The number of rotatable bonds is 11. The highest BCUT2D eigenvalue weighted by molar-refractivity contribution is 7.98. The molecule has 0 saturated carbocycles. The second-order valence-corrected chi connectivity index (χ2v) is 9.84. The van der Waals surface area contributed by atoms with Gasteiger partial charge in [-0.2, -0.15) is 11.8 Å². The van der Waals surface area contributed by atoms with E-state index >= 15 is 0 Å². The van der Waals surface area contributed by atoms with E-state index in [2.05, 4.69) is 15.6 Å². The first kappa shape index (κ1) is 26.3. The number of esters is 1. The zero-order chi connectivity index (χ0) is 25.4. The van der Waals surface area contributed by atoms with Gasteiger partial charge in [0.05, 0.1) is 30.7 Å². The zero-order valence-corrected chi connectivity index (χ0v) is 21.3. The van der Waals surface area contributed by atoms with E-state index in [1.165, 1.54) is 23.9 Å². The van der Waals surface area contributed by atoms with E-state index in [0.717, 1.165) is 0 Å². The lowest BCUT2D eigenvalue weighted by Gasteiger charge is -2.20. The minimum absolute atomic E-state index is 0.0755. The summed E-state index contributed by atoms with van der Waals surface area (Å²) in [6.07, 6.45) is 5.16. The van der Waals surface area contributed by atoms with Gasteiger partial charge < -0.3 is 25.5 Å². The second kappa shape index (κ2) is 12.4. The number of hydrogen-bond acceptors (Lipinski definition) is 9. The van der Waals surface area contributed by atoms with Crippen molar-refractivity contribution in [2.75, 3.05) is 23.1 Å². The summed E-state index contributed by atoms with van der Waals surface area (Å²) in [6.45, 7) is 3.53. The van der Waals surface area contributed by atoms with Gasteiger partial charge in [-0.3, -0.25) is 9.59 Å². The maximum Gasteiger partial charge on any atom is 0.328 e. The number of carbonyl (C=O) groups is 3. The molecule has 9 nitrogen and oxygen atoms in total. The summed E-state index contributed by atoms with van der Waals surface area (Å²) in [5.74, 6) is -0.482. The average molecular weight is 517 g/mol. The Kier molecular flexibility index (Phi) is 9.32. The summed E-state index contributed by atoms with van der Waals surface area (Å²) in [5.41, 5.74) is 8.26. The molecule has 4 N–H and O–H groups in total. The van der Waals surface area contributed by atoms with Crippen molar-refractivity contribution in [3.05, 3.63) is 53.4 Å². The number of ether oxygens (including phenoxy) is 1. The van der Waals surface area contributed by atoms with Crippen LogP contribution in [0.25, 0.3) is 11.1 Å². The fourth-order valence-corrected chi connectivity index (χ4v) is 4.32.